The van der Waals surface area contributed by atoms with Gasteiger partial charge in [0, 0.05) is 25.7 Å². The topological polar surface area (TPSA) is 117 Å². The summed E-state index contributed by atoms with van der Waals surface area (Å²) >= 11 is 0. The third-order valence-corrected chi connectivity index (χ3v) is 11.6. The van der Waals surface area contributed by atoms with E-state index < -0.39 is 59.6 Å². The summed E-state index contributed by atoms with van der Waals surface area (Å²) in [6, 6.07) is 20.6. The molecule has 0 aromatic heterocycles. The van der Waals surface area contributed by atoms with Gasteiger partial charge in [-0.3, -0.25) is 19.2 Å². The van der Waals surface area contributed by atoms with Crippen LogP contribution in [0.15, 0.2) is 98.1 Å². The number of carbonyl (C=O) groups is 4. The van der Waals surface area contributed by atoms with Crippen molar-refractivity contribution in [1.29, 1.82) is 0 Å². The standard InChI is InChI=1S/C43H51N3O7/c1-7-9-19-35(48)44(6)28(5)38(30-16-11-10-12-17-30)52-42(51)36-34-22-23-43(53-34)37(36)40(49)46(33(26-47)27(3)4)39(43)41(50)45(24-8-2)32-21-20-29-15-13-14-18-31(29)25-32/h7-8,10-18,20-21,25,27-28,33-34,36-39,47H,1-2,9,19,22-24,26H2,3-6H3/t28-,33-,34+,36-,37-,38+,39+,43-/m0/s1. The minimum absolute atomic E-state index is 0.112. The van der Waals surface area contributed by atoms with Crippen LogP contribution in [-0.4, -0.2) is 88.6 Å². The second-order valence-electron chi connectivity index (χ2n) is 14.9. The fourth-order valence-corrected chi connectivity index (χ4v) is 8.68. The third-order valence-electron chi connectivity index (χ3n) is 11.6. The first kappa shape index (κ1) is 37.9. The first-order chi connectivity index (χ1) is 25.5. The Morgan fingerprint density at radius 2 is 1.72 bits per heavy atom. The zero-order chi connectivity index (χ0) is 38.0. The van der Waals surface area contributed by atoms with E-state index in [1.807, 2.05) is 93.6 Å². The largest absolute Gasteiger partial charge is 0.455 e. The monoisotopic (exact) mass is 721 g/mol. The summed E-state index contributed by atoms with van der Waals surface area (Å²) < 4.78 is 13.1. The Morgan fingerprint density at radius 1 is 1.02 bits per heavy atom. The number of hydrogen-bond acceptors (Lipinski definition) is 7. The maximum absolute atomic E-state index is 15.1. The number of likely N-dealkylation sites (tertiary alicyclic amines) is 1. The molecule has 1 spiro atoms. The Morgan fingerprint density at radius 3 is 2.38 bits per heavy atom. The molecule has 2 bridgehead atoms. The highest BCUT2D eigenvalue weighted by Crippen LogP contribution is 2.59. The molecule has 3 aliphatic rings. The van der Waals surface area contributed by atoms with Crippen LogP contribution in [-0.2, 0) is 28.7 Å². The number of fused-ring (bicyclic) bond motifs is 2. The van der Waals surface area contributed by atoms with E-state index >= 15 is 4.79 Å². The van der Waals surface area contributed by atoms with Gasteiger partial charge in [0.25, 0.3) is 5.91 Å². The Bertz CT molecular complexity index is 1860. The summed E-state index contributed by atoms with van der Waals surface area (Å²) in [6.07, 6.45) is 3.49. The Balaban J connectivity index is 1.37. The lowest BCUT2D eigenvalue weighted by Gasteiger charge is -2.40. The van der Waals surface area contributed by atoms with Crippen LogP contribution in [0.1, 0.15) is 58.1 Å². The number of esters is 1. The number of allylic oxidation sites excluding steroid dienone is 1. The Hall–Kier alpha value is -4.80. The number of carbonyl (C=O) groups excluding carboxylic acids is 4. The second kappa shape index (κ2) is 15.7. The maximum Gasteiger partial charge on any atom is 0.313 e. The van der Waals surface area contributed by atoms with Gasteiger partial charge >= 0.3 is 5.97 Å². The van der Waals surface area contributed by atoms with Gasteiger partial charge in [-0.2, -0.15) is 0 Å². The van der Waals surface area contributed by atoms with Gasteiger partial charge in [0.15, 0.2) is 0 Å². The van der Waals surface area contributed by atoms with E-state index in [0.29, 0.717) is 30.5 Å². The molecular weight excluding hydrogens is 670 g/mol. The van der Waals surface area contributed by atoms with Crippen molar-refractivity contribution in [2.24, 2.45) is 17.8 Å². The number of rotatable bonds is 15. The fourth-order valence-electron chi connectivity index (χ4n) is 8.68. The average molecular weight is 722 g/mol. The maximum atomic E-state index is 15.1. The summed E-state index contributed by atoms with van der Waals surface area (Å²) in [5, 5.41) is 12.7. The summed E-state index contributed by atoms with van der Waals surface area (Å²) in [5.41, 5.74) is 0.0336. The number of ether oxygens (including phenoxy) is 2. The van der Waals surface area contributed by atoms with Gasteiger partial charge in [-0.05, 0) is 60.6 Å². The first-order valence-corrected chi connectivity index (χ1v) is 18.6. The van der Waals surface area contributed by atoms with Crippen LogP contribution in [0.5, 0.6) is 0 Å². The third kappa shape index (κ3) is 6.79. The molecule has 3 aromatic carbocycles. The van der Waals surface area contributed by atoms with Crippen molar-refractivity contribution in [3.05, 3.63) is 104 Å². The molecule has 280 valence electrons. The molecular formula is C43H51N3O7. The molecule has 3 aliphatic heterocycles. The van der Waals surface area contributed by atoms with Crippen molar-refractivity contribution < 1.29 is 33.8 Å². The highest BCUT2D eigenvalue weighted by Gasteiger charge is 2.76. The van der Waals surface area contributed by atoms with Gasteiger partial charge < -0.3 is 29.3 Å². The van der Waals surface area contributed by atoms with Gasteiger partial charge in [-0.25, -0.2) is 0 Å². The first-order valence-electron chi connectivity index (χ1n) is 18.6. The van der Waals surface area contributed by atoms with Crippen molar-refractivity contribution in [1.82, 2.24) is 9.80 Å². The molecule has 1 N–H and O–H groups in total. The smallest absolute Gasteiger partial charge is 0.313 e. The highest BCUT2D eigenvalue weighted by atomic mass is 16.6. The van der Waals surface area contributed by atoms with Gasteiger partial charge in [0.1, 0.15) is 17.7 Å². The summed E-state index contributed by atoms with van der Waals surface area (Å²) in [5.74, 6) is -3.69. The predicted molar refractivity (Wildman–Crippen MR) is 204 cm³/mol. The van der Waals surface area contributed by atoms with E-state index in [2.05, 4.69) is 13.2 Å². The van der Waals surface area contributed by atoms with Crippen LogP contribution in [0.25, 0.3) is 10.8 Å². The Labute approximate surface area is 312 Å². The average Bonchev–Trinajstić information content (AvgIpc) is 3.82. The molecule has 10 nitrogen and oxygen atoms in total. The van der Waals surface area contributed by atoms with Gasteiger partial charge in [0.2, 0.25) is 11.8 Å². The number of benzene rings is 3. The van der Waals surface area contributed by atoms with Crippen molar-refractivity contribution in [2.45, 2.75) is 82.4 Å². The number of hydrogen-bond donors (Lipinski definition) is 1. The summed E-state index contributed by atoms with van der Waals surface area (Å²) in [7, 11) is 1.69. The lowest BCUT2D eigenvalue weighted by atomic mass is 9.70. The molecule has 53 heavy (non-hydrogen) atoms. The summed E-state index contributed by atoms with van der Waals surface area (Å²) in [4.78, 5) is 62.3. The molecule has 3 fully saturated rings. The lowest BCUT2D eigenvalue weighted by Crippen LogP contribution is -2.59. The number of nitrogens with zero attached hydrogens (tertiary/aromatic N) is 3. The molecule has 3 heterocycles. The number of aliphatic hydroxyl groups is 1. The fraction of sp³-hybridized carbons (Fsp3) is 0.442. The number of likely N-dealkylation sites (N-methyl/N-ethyl adjacent to an activating group) is 1. The van der Waals surface area contributed by atoms with Crippen LogP contribution >= 0.6 is 0 Å². The molecule has 0 aliphatic carbocycles. The molecule has 3 aromatic rings. The van der Waals surface area contributed by atoms with Crippen LogP contribution in [0.4, 0.5) is 5.69 Å². The minimum Gasteiger partial charge on any atom is -0.455 e. The van der Waals surface area contributed by atoms with Gasteiger partial charge in [-0.1, -0.05) is 86.7 Å². The zero-order valence-electron chi connectivity index (χ0n) is 31.1. The van der Waals surface area contributed by atoms with Crippen LogP contribution < -0.4 is 4.90 Å². The molecule has 3 saturated heterocycles. The molecule has 0 saturated carbocycles. The SMILES string of the molecule is C=CCCC(=O)N(C)[C@@H](C)[C@@H](OC(=O)[C@@H]1[C@H]2C(=O)N([C@@H](CO)C(C)C)[C@H](C(=O)N(CC=C)c3ccc4ccccc4c3)[C@]23CC[C@H]1O3)c1ccccc1. The number of aliphatic hydroxyl groups excluding tert-OH is 1. The van der Waals surface area contributed by atoms with E-state index in [1.165, 1.54) is 4.90 Å². The van der Waals surface area contributed by atoms with Gasteiger partial charge in [0.05, 0.1) is 36.6 Å². The molecule has 6 rings (SSSR count). The van der Waals surface area contributed by atoms with E-state index in [0.717, 1.165) is 10.8 Å². The molecule has 8 atom stereocenters. The lowest BCUT2D eigenvalue weighted by molar-refractivity contribution is -0.165. The molecule has 3 amide bonds. The minimum atomic E-state index is -1.31. The normalized spacial score (nSPS) is 24.8. The van der Waals surface area contributed by atoms with Crippen molar-refractivity contribution in [3.63, 3.8) is 0 Å². The van der Waals surface area contributed by atoms with Gasteiger partial charge in [-0.15, -0.1) is 13.2 Å². The number of anilines is 1. The van der Waals surface area contributed by atoms with E-state index in [4.69, 9.17) is 9.47 Å². The van der Waals surface area contributed by atoms with Crippen molar-refractivity contribution in [2.75, 3.05) is 25.1 Å². The Kier molecular flexibility index (Phi) is 11.2. The van der Waals surface area contributed by atoms with Crippen LogP contribution in [0, 0.1) is 17.8 Å². The molecule has 0 unspecified atom stereocenters. The highest BCUT2D eigenvalue weighted by molar-refractivity contribution is 6.05. The summed E-state index contributed by atoms with van der Waals surface area (Å²) in [6.45, 7) is 13.1. The van der Waals surface area contributed by atoms with E-state index in [-0.39, 0.29) is 37.3 Å². The molecule has 10 heteroatoms. The number of amides is 3. The quantitative estimate of drug-likeness (QED) is 0.155. The second-order valence-corrected chi connectivity index (χ2v) is 14.9. The van der Waals surface area contributed by atoms with E-state index in [1.54, 1.807) is 29.0 Å². The van der Waals surface area contributed by atoms with Crippen molar-refractivity contribution >= 4 is 40.2 Å². The molecule has 0 radical (unpaired) electrons. The zero-order valence-corrected chi connectivity index (χ0v) is 31.1. The van der Waals surface area contributed by atoms with E-state index in [9.17, 15) is 19.5 Å². The predicted octanol–water partition coefficient (Wildman–Crippen LogP) is 5.85. The van der Waals surface area contributed by atoms with Crippen molar-refractivity contribution in [3.8, 4) is 0 Å². The van der Waals surface area contributed by atoms with Crippen LogP contribution in [0.2, 0.25) is 0 Å². The van der Waals surface area contributed by atoms with Crippen LogP contribution in [0.3, 0.4) is 0 Å².